The van der Waals surface area contributed by atoms with Gasteiger partial charge < -0.3 is 0 Å². The highest BCUT2D eigenvalue weighted by atomic mass is 16.5. The number of hydrogen-bond donors (Lipinski definition) is 2. The largest absolute Gasteiger partial charge is 0.288 e. The van der Waals surface area contributed by atoms with E-state index in [4.69, 9.17) is 5.21 Å². The van der Waals surface area contributed by atoms with Gasteiger partial charge >= 0.3 is 0 Å². The summed E-state index contributed by atoms with van der Waals surface area (Å²) in [6.45, 7) is 0. The van der Waals surface area contributed by atoms with Gasteiger partial charge in [-0.15, -0.1) is 5.10 Å². The number of carbonyl (C=O) groups excluding carboxylic acids is 1. The molecule has 0 aliphatic heterocycles. The number of carbonyl (C=O) groups is 1. The van der Waals surface area contributed by atoms with Crippen LogP contribution in [0.25, 0.3) is 6.08 Å². The number of amides is 1. The summed E-state index contributed by atoms with van der Waals surface area (Å²) >= 11 is 0. The van der Waals surface area contributed by atoms with E-state index in [1.807, 2.05) is 0 Å². The molecule has 6 heteroatoms. The van der Waals surface area contributed by atoms with Gasteiger partial charge in [0.05, 0.1) is 6.20 Å². The van der Waals surface area contributed by atoms with Crippen LogP contribution in [0, 0.1) is 0 Å². The van der Waals surface area contributed by atoms with Gasteiger partial charge in [-0.1, -0.05) is 5.21 Å². The fourth-order valence-corrected chi connectivity index (χ4v) is 0.640. The molecule has 12 heavy (non-hydrogen) atoms. The van der Waals surface area contributed by atoms with E-state index in [1.165, 1.54) is 16.2 Å². The lowest BCUT2D eigenvalue weighted by molar-refractivity contribution is -0.124. The zero-order valence-electron chi connectivity index (χ0n) is 6.43. The molecule has 0 atom stereocenters. The lowest BCUT2D eigenvalue weighted by Crippen LogP contribution is -2.14. The Morgan fingerprint density at radius 3 is 3.08 bits per heavy atom. The van der Waals surface area contributed by atoms with E-state index in [1.54, 1.807) is 13.2 Å². The van der Waals surface area contributed by atoms with E-state index in [2.05, 4.69) is 10.3 Å². The lowest BCUT2D eigenvalue weighted by Gasteiger charge is -1.85. The van der Waals surface area contributed by atoms with E-state index in [-0.39, 0.29) is 0 Å². The maximum absolute atomic E-state index is 10.5. The van der Waals surface area contributed by atoms with Crippen molar-refractivity contribution in [2.24, 2.45) is 7.05 Å². The molecule has 0 unspecified atom stereocenters. The molecule has 64 valence electrons. The molecule has 1 aromatic heterocycles. The zero-order valence-corrected chi connectivity index (χ0v) is 6.43. The van der Waals surface area contributed by atoms with Gasteiger partial charge in [-0.05, 0) is 6.08 Å². The third kappa shape index (κ3) is 2.17. The number of aryl methyl sites for hydroxylation is 1. The molecule has 0 saturated heterocycles. The summed E-state index contributed by atoms with van der Waals surface area (Å²) in [5.74, 6) is -0.597. The van der Waals surface area contributed by atoms with Crippen molar-refractivity contribution in [3.8, 4) is 0 Å². The molecule has 0 radical (unpaired) electrons. The molecule has 0 bridgehead atoms. The summed E-state index contributed by atoms with van der Waals surface area (Å²) in [5.41, 5.74) is 2.02. The molecule has 1 aromatic rings. The van der Waals surface area contributed by atoms with E-state index >= 15 is 0 Å². The van der Waals surface area contributed by atoms with Crippen LogP contribution in [0.3, 0.4) is 0 Å². The minimum atomic E-state index is -0.597. The van der Waals surface area contributed by atoms with Crippen molar-refractivity contribution in [1.82, 2.24) is 20.5 Å². The van der Waals surface area contributed by atoms with Crippen LogP contribution in [0.15, 0.2) is 12.3 Å². The number of aromatic nitrogens is 3. The van der Waals surface area contributed by atoms with E-state index in [9.17, 15) is 4.79 Å². The second-order valence-electron chi connectivity index (χ2n) is 2.13. The molecule has 1 heterocycles. The lowest BCUT2D eigenvalue weighted by atomic mass is 10.4. The summed E-state index contributed by atoms with van der Waals surface area (Å²) in [6, 6.07) is 0. The van der Waals surface area contributed by atoms with E-state index < -0.39 is 5.91 Å². The Kier molecular flexibility index (Phi) is 2.54. The van der Waals surface area contributed by atoms with Crippen LogP contribution in [-0.4, -0.2) is 26.1 Å². The summed E-state index contributed by atoms with van der Waals surface area (Å²) in [5, 5.41) is 15.5. The maximum atomic E-state index is 10.5. The van der Waals surface area contributed by atoms with Crippen LogP contribution in [0.4, 0.5) is 0 Å². The van der Waals surface area contributed by atoms with E-state index in [0.29, 0.717) is 5.69 Å². The molecule has 0 spiro atoms. The van der Waals surface area contributed by atoms with Crippen molar-refractivity contribution in [1.29, 1.82) is 0 Å². The summed E-state index contributed by atoms with van der Waals surface area (Å²) < 4.78 is 1.51. The smallest absolute Gasteiger partial charge is 0.267 e. The molecule has 0 aliphatic rings. The van der Waals surface area contributed by atoms with Crippen molar-refractivity contribution in [2.45, 2.75) is 0 Å². The number of nitrogens with zero attached hydrogens (tertiary/aromatic N) is 3. The highest BCUT2D eigenvalue weighted by Gasteiger charge is 1.93. The second-order valence-corrected chi connectivity index (χ2v) is 2.13. The average Bonchev–Trinajstić information content (AvgIpc) is 2.47. The van der Waals surface area contributed by atoms with Crippen LogP contribution >= 0.6 is 0 Å². The molecular formula is C6H8N4O2. The first kappa shape index (κ1) is 8.41. The minimum Gasteiger partial charge on any atom is -0.288 e. The fraction of sp³-hybridized carbons (Fsp3) is 0.167. The molecule has 0 saturated carbocycles. The normalized spacial score (nSPS) is 10.5. The van der Waals surface area contributed by atoms with Crippen LogP contribution in [0.2, 0.25) is 0 Å². The predicted octanol–water partition coefficient (Wildman–Crippen LogP) is -0.666. The van der Waals surface area contributed by atoms with Crippen molar-refractivity contribution in [3.05, 3.63) is 18.0 Å². The van der Waals surface area contributed by atoms with Gasteiger partial charge in [-0.2, -0.15) is 0 Å². The number of rotatable bonds is 2. The first-order chi connectivity index (χ1) is 5.72. The first-order valence-corrected chi connectivity index (χ1v) is 3.21. The summed E-state index contributed by atoms with van der Waals surface area (Å²) in [4.78, 5) is 10.5. The third-order valence-corrected chi connectivity index (χ3v) is 1.14. The van der Waals surface area contributed by atoms with Crippen molar-refractivity contribution < 1.29 is 10.0 Å². The Bertz CT molecular complexity index is 304. The standard InChI is InChI=1S/C6H8N4O2/c1-10-4-5(7-9-10)2-3-6(11)8-12/h2-4,12H,1H3,(H,8,11). The Morgan fingerprint density at radius 2 is 2.58 bits per heavy atom. The predicted molar refractivity (Wildman–Crippen MR) is 40.0 cm³/mol. The monoisotopic (exact) mass is 168 g/mol. The van der Waals surface area contributed by atoms with Gasteiger partial charge in [0, 0.05) is 13.1 Å². The van der Waals surface area contributed by atoms with Crippen molar-refractivity contribution in [2.75, 3.05) is 0 Å². The van der Waals surface area contributed by atoms with Crippen LogP contribution in [0.1, 0.15) is 5.69 Å². The Hall–Kier alpha value is -1.69. The van der Waals surface area contributed by atoms with Gasteiger partial charge in [0.1, 0.15) is 5.69 Å². The maximum Gasteiger partial charge on any atom is 0.267 e. The average molecular weight is 168 g/mol. The van der Waals surface area contributed by atoms with Crippen LogP contribution < -0.4 is 5.48 Å². The molecule has 0 fully saturated rings. The molecule has 1 rings (SSSR count). The van der Waals surface area contributed by atoms with Crippen LogP contribution in [0.5, 0.6) is 0 Å². The fourth-order valence-electron chi connectivity index (χ4n) is 0.640. The number of hydroxylamine groups is 1. The minimum absolute atomic E-state index is 0.557. The van der Waals surface area contributed by atoms with Crippen molar-refractivity contribution >= 4 is 12.0 Å². The third-order valence-electron chi connectivity index (χ3n) is 1.14. The molecule has 6 nitrogen and oxygen atoms in total. The molecular weight excluding hydrogens is 160 g/mol. The Labute approximate surface area is 68.5 Å². The Balaban J connectivity index is 2.63. The van der Waals surface area contributed by atoms with Gasteiger partial charge in [0.15, 0.2) is 0 Å². The highest BCUT2D eigenvalue weighted by molar-refractivity contribution is 5.90. The Morgan fingerprint density at radius 1 is 1.83 bits per heavy atom. The summed E-state index contributed by atoms with van der Waals surface area (Å²) in [6.07, 6.45) is 4.24. The molecule has 1 amide bonds. The van der Waals surface area contributed by atoms with Gasteiger partial charge in [0.2, 0.25) is 0 Å². The van der Waals surface area contributed by atoms with E-state index in [0.717, 1.165) is 6.08 Å². The SMILES string of the molecule is Cn1cc(C=CC(=O)NO)nn1. The van der Waals surface area contributed by atoms with Gasteiger partial charge in [-0.25, -0.2) is 5.48 Å². The quantitative estimate of drug-likeness (QED) is 0.349. The van der Waals surface area contributed by atoms with Crippen LogP contribution in [-0.2, 0) is 11.8 Å². The topological polar surface area (TPSA) is 80.0 Å². The summed E-state index contributed by atoms with van der Waals surface area (Å²) in [7, 11) is 1.72. The van der Waals surface area contributed by atoms with Crippen molar-refractivity contribution in [3.63, 3.8) is 0 Å². The highest BCUT2D eigenvalue weighted by Crippen LogP contribution is 1.93. The number of hydrogen-bond acceptors (Lipinski definition) is 4. The zero-order chi connectivity index (χ0) is 8.97. The van der Waals surface area contributed by atoms with Gasteiger partial charge in [0.25, 0.3) is 5.91 Å². The first-order valence-electron chi connectivity index (χ1n) is 3.21. The van der Waals surface area contributed by atoms with Gasteiger partial charge in [-0.3, -0.25) is 14.7 Å². The molecule has 0 aliphatic carbocycles. The molecule has 2 N–H and O–H groups in total. The second kappa shape index (κ2) is 3.63. The number of nitrogens with one attached hydrogen (secondary N) is 1. The molecule has 0 aromatic carbocycles.